The third-order valence-corrected chi connectivity index (χ3v) is 8.30. The van der Waals surface area contributed by atoms with Crippen molar-refractivity contribution >= 4 is 16.8 Å². The molecule has 1 aliphatic heterocycles. The minimum absolute atomic E-state index is 0.0177. The molecule has 0 radical (unpaired) electrons. The van der Waals surface area contributed by atoms with Crippen molar-refractivity contribution in [3.8, 4) is 16.9 Å². The molecule has 1 aliphatic rings. The Balaban J connectivity index is 1.55. The number of carbonyl (C=O) groups excluding carboxylic acids is 1. The van der Waals surface area contributed by atoms with Crippen LogP contribution in [0.25, 0.3) is 22.0 Å². The minimum Gasteiger partial charge on any atom is -0.497 e. The van der Waals surface area contributed by atoms with Crippen molar-refractivity contribution in [1.82, 2.24) is 14.4 Å². The maximum absolute atomic E-state index is 14.5. The zero-order valence-corrected chi connectivity index (χ0v) is 24.7. The third-order valence-electron chi connectivity index (χ3n) is 8.30. The van der Waals surface area contributed by atoms with E-state index in [2.05, 4.69) is 55.3 Å². The number of carbonyl (C=O) groups is 1. The quantitative estimate of drug-likeness (QED) is 0.333. The number of aliphatic hydroxyl groups excluding tert-OH is 1. The molecule has 4 aromatic rings. The highest BCUT2D eigenvalue weighted by molar-refractivity contribution is 6.10. The molecule has 2 heterocycles. The van der Waals surface area contributed by atoms with Gasteiger partial charge in [0.2, 0.25) is 0 Å². The van der Waals surface area contributed by atoms with Crippen molar-refractivity contribution in [3.63, 3.8) is 0 Å². The van der Waals surface area contributed by atoms with Crippen molar-refractivity contribution < 1.29 is 19.4 Å². The summed E-state index contributed by atoms with van der Waals surface area (Å²) < 4.78 is 14.1. The van der Waals surface area contributed by atoms with E-state index in [0.717, 1.165) is 45.5 Å². The van der Waals surface area contributed by atoms with Crippen LogP contribution in [0.1, 0.15) is 35.5 Å². The van der Waals surface area contributed by atoms with Crippen LogP contribution < -0.4 is 4.74 Å². The molecule has 0 saturated heterocycles. The van der Waals surface area contributed by atoms with Gasteiger partial charge in [-0.25, -0.2) is 0 Å². The fraction of sp³-hybridized carbons (Fsp3) is 0.382. The fourth-order valence-corrected chi connectivity index (χ4v) is 5.98. The van der Waals surface area contributed by atoms with E-state index in [1.54, 1.807) is 7.11 Å². The van der Waals surface area contributed by atoms with E-state index < -0.39 is 0 Å². The van der Waals surface area contributed by atoms with E-state index >= 15 is 0 Å². The minimum atomic E-state index is -0.345. The zero-order chi connectivity index (χ0) is 29.1. The summed E-state index contributed by atoms with van der Waals surface area (Å²) in [5.41, 5.74) is 5.77. The van der Waals surface area contributed by atoms with Crippen LogP contribution in [0, 0.1) is 5.92 Å². The number of likely N-dealkylation sites (N-methyl/N-ethyl adjacent to an activating group) is 1. The van der Waals surface area contributed by atoms with Gasteiger partial charge in [-0.3, -0.25) is 9.69 Å². The van der Waals surface area contributed by atoms with Crippen molar-refractivity contribution in [2.45, 2.75) is 39.1 Å². The molecule has 7 heteroatoms. The van der Waals surface area contributed by atoms with Crippen LogP contribution in [0.5, 0.6) is 5.75 Å². The Kier molecular flexibility index (Phi) is 8.78. The van der Waals surface area contributed by atoms with Crippen LogP contribution in [-0.4, -0.2) is 71.4 Å². The number of para-hydroxylation sites is 1. The van der Waals surface area contributed by atoms with Gasteiger partial charge in [0.1, 0.15) is 11.4 Å². The van der Waals surface area contributed by atoms with E-state index in [1.165, 1.54) is 0 Å². The number of nitrogens with zero attached hydrogens (tertiary/aromatic N) is 3. The van der Waals surface area contributed by atoms with Crippen molar-refractivity contribution in [1.29, 1.82) is 0 Å². The maximum Gasteiger partial charge on any atom is 0.271 e. The highest BCUT2D eigenvalue weighted by Gasteiger charge is 2.33. The molecule has 0 fully saturated rings. The number of amides is 1. The van der Waals surface area contributed by atoms with E-state index in [9.17, 15) is 9.90 Å². The zero-order valence-electron chi connectivity index (χ0n) is 24.7. The molecule has 1 aromatic heterocycles. The first kappa shape index (κ1) is 28.9. The first-order chi connectivity index (χ1) is 19.8. The summed E-state index contributed by atoms with van der Waals surface area (Å²) in [5.74, 6) is 0.780. The number of aliphatic hydroxyl groups is 1. The second-order valence-corrected chi connectivity index (χ2v) is 11.3. The number of benzene rings is 3. The largest absolute Gasteiger partial charge is 0.497 e. The Morgan fingerprint density at radius 2 is 1.85 bits per heavy atom. The molecular formula is C34H41N3O4. The normalized spacial score (nSPS) is 18.6. The second-order valence-electron chi connectivity index (χ2n) is 11.3. The predicted molar refractivity (Wildman–Crippen MR) is 163 cm³/mol. The van der Waals surface area contributed by atoms with Crippen molar-refractivity contribution in [2.24, 2.45) is 13.0 Å². The van der Waals surface area contributed by atoms with E-state index in [0.29, 0.717) is 25.4 Å². The number of ether oxygens (including phenoxy) is 2. The van der Waals surface area contributed by atoms with E-state index in [1.807, 2.05) is 59.8 Å². The van der Waals surface area contributed by atoms with Gasteiger partial charge in [-0.1, -0.05) is 61.5 Å². The number of rotatable bonds is 7. The highest BCUT2D eigenvalue weighted by atomic mass is 16.5. The number of hydrogen-bond acceptors (Lipinski definition) is 5. The lowest BCUT2D eigenvalue weighted by Crippen LogP contribution is -2.47. The van der Waals surface area contributed by atoms with Crippen LogP contribution in [0.2, 0.25) is 0 Å². The summed E-state index contributed by atoms with van der Waals surface area (Å²) in [5, 5.41) is 11.2. The van der Waals surface area contributed by atoms with Gasteiger partial charge < -0.3 is 24.0 Å². The summed E-state index contributed by atoms with van der Waals surface area (Å²) >= 11 is 0. The first-order valence-corrected chi connectivity index (χ1v) is 14.3. The van der Waals surface area contributed by atoms with Gasteiger partial charge in [0, 0.05) is 49.1 Å². The smallest absolute Gasteiger partial charge is 0.271 e. The van der Waals surface area contributed by atoms with E-state index in [-0.39, 0.29) is 30.6 Å². The average Bonchev–Trinajstić information content (AvgIpc) is 3.28. The summed E-state index contributed by atoms with van der Waals surface area (Å²) in [6, 6.07) is 24.1. The molecule has 1 N–H and O–H groups in total. The van der Waals surface area contributed by atoms with Crippen LogP contribution in [0.15, 0.2) is 72.8 Å². The van der Waals surface area contributed by atoms with Gasteiger partial charge >= 0.3 is 0 Å². The molecule has 1 amide bonds. The van der Waals surface area contributed by atoms with Crippen LogP contribution in [-0.2, 0) is 24.9 Å². The number of methoxy groups -OCH3 is 1. The maximum atomic E-state index is 14.5. The Hall–Kier alpha value is -3.65. The SMILES string of the molecule is COc1cccc(CN(C)C[C@@H]2OCc3ccccc3-c3c(n(C)c4ccccc34)C(=O)N([C@H](C)CO)C[C@@H]2C)c1. The van der Waals surface area contributed by atoms with Crippen LogP contribution in [0.4, 0.5) is 0 Å². The molecule has 0 spiro atoms. The Bertz CT molecular complexity index is 1510. The fourth-order valence-electron chi connectivity index (χ4n) is 5.98. The lowest BCUT2D eigenvalue weighted by molar-refractivity contribution is -0.0242. The monoisotopic (exact) mass is 555 g/mol. The summed E-state index contributed by atoms with van der Waals surface area (Å²) in [4.78, 5) is 18.6. The summed E-state index contributed by atoms with van der Waals surface area (Å²) in [6.45, 7) is 6.26. The van der Waals surface area contributed by atoms with Gasteiger partial charge in [-0.15, -0.1) is 0 Å². The molecule has 7 nitrogen and oxygen atoms in total. The Morgan fingerprint density at radius 1 is 1.10 bits per heavy atom. The van der Waals surface area contributed by atoms with Crippen LogP contribution >= 0.6 is 0 Å². The third kappa shape index (κ3) is 5.89. The second kappa shape index (κ2) is 12.5. The molecule has 0 aliphatic carbocycles. The van der Waals surface area contributed by atoms with Crippen LogP contribution in [0.3, 0.4) is 0 Å². The number of aromatic nitrogens is 1. The number of fused-ring (bicyclic) bond motifs is 5. The molecule has 0 unspecified atom stereocenters. The molecule has 3 aromatic carbocycles. The van der Waals surface area contributed by atoms with Crippen molar-refractivity contribution in [2.75, 3.05) is 33.9 Å². The van der Waals surface area contributed by atoms with Gasteiger partial charge in [0.15, 0.2) is 0 Å². The Labute approximate surface area is 242 Å². The number of hydrogen-bond donors (Lipinski definition) is 1. The molecule has 5 rings (SSSR count). The highest BCUT2D eigenvalue weighted by Crippen LogP contribution is 2.38. The molecule has 3 atom stereocenters. The molecule has 41 heavy (non-hydrogen) atoms. The molecule has 216 valence electrons. The average molecular weight is 556 g/mol. The molecule has 0 saturated carbocycles. The predicted octanol–water partition coefficient (Wildman–Crippen LogP) is 5.34. The van der Waals surface area contributed by atoms with E-state index in [4.69, 9.17) is 9.47 Å². The van der Waals surface area contributed by atoms with Gasteiger partial charge in [0.25, 0.3) is 5.91 Å². The van der Waals surface area contributed by atoms with Gasteiger partial charge in [-0.2, -0.15) is 0 Å². The van der Waals surface area contributed by atoms with Gasteiger partial charge in [-0.05, 0) is 48.9 Å². The van der Waals surface area contributed by atoms with Crippen molar-refractivity contribution in [3.05, 3.63) is 89.6 Å². The Morgan fingerprint density at radius 3 is 2.63 bits per heavy atom. The lowest BCUT2D eigenvalue weighted by atomic mass is 9.96. The molecular weight excluding hydrogens is 514 g/mol. The topological polar surface area (TPSA) is 67.2 Å². The summed E-state index contributed by atoms with van der Waals surface area (Å²) in [6.07, 6.45) is -0.141. The number of aryl methyl sites for hydroxylation is 1. The lowest BCUT2D eigenvalue weighted by Gasteiger charge is -2.35. The first-order valence-electron chi connectivity index (χ1n) is 14.3. The summed E-state index contributed by atoms with van der Waals surface area (Å²) in [7, 11) is 5.73. The van der Waals surface area contributed by atoms with Gasteiger partial charge in [0.05, 0.1) is 32.5 Å². The molecule has 0 bridgehead atoms. The standard InChI is InChI=1S/C34H41N3O4/c1-23-18-37(24(2)21-38)34(39)33-32(29-15-8-9-16-30(29)36(33)4)28-14-7-6-12-26(28)22-41-31(23)20-35(3)19-25-11-10-13-27(17-25)40-5/h6-17,23-24,31,38H,18-22H2,1-5H3/t23-,24+,31-/m0/s1.